The lowest BCUT2D eigenvalue weighted by Gasteiger charge is -2.34. The first kappa shape index (κ1) is 21.1. The van der Waals surface area contributed by atoms with Crippen molar-refractivity contribution in [2.24, 2.45) is 0 Å². The Morgan fingerprint density at radius 3 is 2.67 bits per heavy atom. The number of carbonyl (C=O) groups is 3. The Hall–Kier alpha value is -3.61. The van der Waals surface area contributed by atoms with E-state index in [0.29, 0.717) is 6.54 Å². The molecule has 3 rings (SSSR count). The molecule has 0 saturated heterocycles. The molecule has 2 N–H and O–H groups in total. The van der Waals surface area contributed by atoms with Crippen molar-refractivity contribution in [1.29, 1.82) is 0 Å². The van der Waals surface area contributed by atoms with E-state index >= 15 is 0 Å². The SMILES string of the molecule is C=C(C)/C=C(\C)CC(=O)N1CC=C1C(=O)N(CC(=O)O)Cc1ccc2cc[nH]c2c1. The molecule has 0 saturated carbocycles. The number of carboxylic acids is 1. The van der Waals surface area contributed by atoms with Gasteiger partial charge in [-0.15, -0.1) is 0 Å². The van der Waals surface area contributed by atoms with Crippen LogP contribution in [0.4, 0.5) is 0 Å². The van der Waals surface area contributed by atoms with E-state index in [1.807, 2.05) is 50.4 Å². The zero-order valence-corrected chi connectivity index (χ0v) is 17.1. The van der Waals surface area contributed by atoms with Crippen LogP contribution in [0.3, 0.4) is 0 Å². The molecular formula is C23H25N3O4. The number of aromatic amines is 1. The molecule has 1 aliphatic heterocycles. The highest BCUT2D eigenvalue weighted by Gasteiger charge is 2.32. The van der Waals surface area contributed by atoms with Gasteiger partial charge in [0, 0.05) is 31.2 Å². The van der Waals surface area contributed by atoms with Crippen LogP contribution in [0.15, 0.2) is 66.0 Å². The summed E-state index contributed by atoms with van der Waals surface area (Å²) in [5, 5.41) is 10.3. The number of carboxylic acid groups (broad SMARTS) is 1. The van der Waals surface area contributed by atoms with E-state index in [0.717, 1.165) is 27.6 Å². The number of fused-ring (bicyclic) bond motifs is 1. The molecule has 0 unspecified atom stereocenters. The first-order valence-corrected chi connectivity index (χ1v) is 9.65. The molecule has 0 fully saturated rings. The van der Waals surface area contributed by atoms with Gasteiger partial charge in [0.05, 0.1) is 0 Å². The predicted molar refractivity (Wildman–Crippen MR) is 114 cm³/mol. The van der Waals surface area contributed by atoms with Crippen LogP contribution in [-0.2, 0) is 20.9 Å². The van der Waals surface area contributed by atoms with Crippen LogP contribution < -0.4 is 0 Å². The number of nitrogens with zero attached hydrogens (tertiary/aromatic N) is 2. The van der Waals surface area contributed by atoms with Crippen molar-refractivity contribution in [1.82, 2.24) is 14.8 Å². The van der Waals surface area contributed by atoms with Gasteiger partial charge in [-0.1, -0.05) is 35.9 Å². The summed E-state index contributed by atoms with van der Waals surface area (Å²) in [4.78, 5) is 42.7. The van der Waals surface area contributed by atoms with Crippen molar-refractivity contribution < 1.29 is 19.5 Å². The molecule has 0 spiro atoms. The number of allylic oxidation sites excluding steroid dienone is 2. The molecule has 0 bridgehead atoms. The summed E-state index contributed by atoms with van der Waals surface area (Å²) in [5.41, 5.74) is 3.65. The highest BCUT2D eigenvalue weighted by Crippen LogP contribution is 2.23. The number of hydrogen-bond donors (Lipinski definition) is 2. The standard InChI is InChI=1S/C23H25N3O4/c1-15(2)10-16(3)11-21(27)26-9-7-20(26)23(30)25(14-22(28)29)13-17-4-5-18-6-8-24-19(18)12-17/h4-8,10,12,24H,1,9,11,13-14H2,2-3H3,(H,28,29)/b16-10+. The first-order valence-electron chi connectivity index (χ1n) is 9.65. The number of rotatable bonds is 8. The van der Waals surface area contributed by atoms with Gasteiger partial charge >= 0.3 is 5.97 Å². The normalized spacial score (nSPS) is 13.6. The number of benzene rings is 1. The van der Waals surface area contributed by atoms with Gasteiger partial charge in [-0.25, -0.2) is 0 Å². The van der Waals surface area contributed by atoms with Gasteiger partial charge in [0.1, 0.15) is 12.2 Å². The fourth-order valence-corrected chi connectivity index (χ4v) is 3.46. The summed E-state index contributed by atoms with van der Waals surface area (Å²) in [6, 6.07) is 7.61. The molecule has 0 atom stereocenters. The third-order valence-electron chi connectivity index (χ3n) is 4.81. The van der Waals surface area contributed by atoms with Crippen LogP contribution >= 0.6 is 0 Å². The van der Waals surface area contributed by atoms with Gasteiger partial charge in [0.2, 0.25) is 5.91 Å². The summed E-state index contributed by atoms with van der Waals surface area (Å²) in [6.07, 6.45) is 5.49. The van der Waals surface area contributed by atoms with Crippen LogP contribution in [0, 0.1) is 0 Å². The maximum Gasteiger partial charge on any atom is 0.323 e. The largest absolute Gasteiger partial charge is 0.480 e. The second-order valence-corrected chi connectivity index (χ2v) is 7.56. The fourth-order valence-electron chi connectivity index (χ4n) is 3.46. The van der Waals surface area contributed by atoms with Gasteiger partial charge in [-0.2, -0.15) is 0 Å². The zero-order chi connectivity index (χ0) is 21.8. The minimum atomic E-state index is -1.11. The summed E-state index contributed by atoms with van der Waals surface area (Å²) < 4.78 is 0. The van der Waals surface area contributed by atoms with Crippen molar-refractivity contribution in [3.63, 3.8) is 0 Å². The number of nitrogens with one attached hydrogen (secondary N) is 1. The Morgan fingerprint density at radius 2 is 2.03 bits per heavy atom. The Kier molecular flexibility index (Phi) is 6.20. The molecule has 2 amide bonds. The molecule has 0 aliphatic carbocycles. The Bertz CT molecular complexity index is 1080. The predicted octanol–water partition coefficient (Wildman–Crippen LogP) is 3.22. The lowest BCUT2D eigenvalue weighted by atomic mass is 10.1. The quantitative estimate of drug-likeness (QED) is 0.657. The molecule has 2 heterocycles. The van der Waals surface area contributed by atoms with E-state index < -0.39 is 18.4 Å². The van der Waals surface area contributed by atoms with E-state index in [1.54, 1.807) is 6.08 Å². The lowest BCUT2D eigenvalue weighted by Crippen LogP contribution is -2.47. The van der Waals surface area contributed by atoms with Crippen molar-refractivity contribution in [3.8, 4) is 0 Å². The minimum absolute atomic E-state index is 0.133. The molecule has 1 aromatic heterocycles. The number of hydrogen-bond acceptors (Lipinski definition) is 3. The Labute approximate surface area is 175 Å². The van der Waals surface area contributed by atoms with E-state index in [9.17, 15) is 19.5 Å². The van der Waals surface area contributed by atoms with Crippen LogP contribution in [0.1, 0.15) is 25.8 Å². The molecule has 7 heteroatoms. The maximum atomic E-state index is 13.0. The van der Waals surface area contributed by atoms with Crippen LogP contribution in [0.2, 0.25) is 0 Å². The number of H-pyrrole nitrogens is 1. The summed E-state index contributed by atoms with van der Waals surface area (Å²) in [5.74, 6) is -1.77. The smallest absolute Gasteiger partial charge is 0.323 e. The van der Waals surface area contributed by atoms with Gasteiger partial charge in [0.25, 0.3) is 5.91 Å². The summed E-state index contributed by atoms with van der Waals surface area (Å²) >= 11 is 0. The van der Waals surface area contributed by atoms with E-state index in [1.165, 1.54) is 9.80 Å². The van der Waals surface area contributed by atoms with Crippen molar-refractivity contribution in [2.75, 3.05) is 13.1 Å². The molecular weight excluding hydrogens is 382 g/mol. The zero-order valence-electron chi connectivity index (χ0n) is 17.1. The maximum absolute atomic E-state index is 13.0. The molecule has 1 aromatic carbocycles. The Morgan fingerprint density at radius 1 is 1.27 bits per heavy atom. The van der Waals surface area contributed by atoms with Crippen molar-refractivity contribution in [2.45, 2.75) is 26.8 Å². The molecule has 2 aromatic rings. The highest BCUT2D eigenvalue weighted by atomic mass is 16.4. The van der Waals surface area contributed by atoms with Crippen LogP contribution in [0.25, 0.3) is 10.9 Å². The number of aliphatic carboxylic acids is 1. The first-order chi connectivity index (χ1) is 14.2. The van der Waals surface area contributed by atoms with E-state index in [2.05, 4.69) is 11.6 Å². The average molecular weight is 407 g/mol. The average Bonchev–Trinajstić information content (AvgIpc) is 3.06. The van der Waals surface area contributed by atoms with Gasteiger partial charge in [-0.05, 0) is 43.0 Å². The van der Waals surface area contributed by atoms with Crippen molar-refractivity contribution in [3.05, 3.63) is 71.6 Å². The second kappa shape index (κ2) is 8.82. The summed E-state index contributed by atoms with van der Waals surface area (Å²) in [6.45, 7) is 7.51. The van der Waals surface area contributed by atoms with Crippen LogP contribution in [-0.4, -0.2) is 50.8 Å². The molecule has 7 nitrogen and oxygen atoms in total. The third-order valence-corrected chi connectivity index (χ3v) is 4.81. The second-order valence-electron chi connectivity index (χ2n) is 7.56. The van der Waals surface area contributed by atoms with Gasteiger partial charge in [-0.3, -0.25) is 14.4 Å². The molecule has 0 radical (unpaired) electrons. The van der Waals surface area contributed by atoms with E-state index in [4.69, 9.17) is 0 Å². The number of aromatic nitrogens is 1. The number of amides is 2. The highest BCUT2D eigenvalue weighted by molar-refractivity contribution is 6.00. The fraction of sp³-hybridized carbons (Fsp3) is 0.261. The third kappa shape index (κ3) is 4.86. The van der Waals surface area contributed by atoms with Gasteiger partial charge < -0.3 is 19.9 Å². The summed E-state index contributed by atoms with van der Waals surface area (Å²) in [7, 11) is 0. The van der Waals surface area contributed by atoms with E-state index in [-0.39, 0.29) is 24.6 Å². The molecule has 30 heavy (non-hydrogen) atoms. The topological polar surface area (TPSA) is 93.7 Å². The Balaban J connectivity index is 1.74. The minimum Gasteiger partial charge on any atom is -0.480 e. The number of carbonyl (C=O) groups excluding carboxylic acids is 2. The van der Waals surface area contributed by atoms with Gasteiger partial charge in [0.15, 0.2) is 0 Å². The van der Waals surface area contributed by atoms with Crippen LogP contribution in [0.5, 0.6) is 0 Å². The molecule has 156 valence electrons. The molecule has 1 aliphatic rings. The lowest BCUT2D eigenvalue weighted by molar-refractivity contribution is -0.145. The monoisotopic (exact) mass is 407 g/mol. The van der Waals surface area contributed by atoms with Crippen molar-refractivity contribution >= 4 is 28.7 Å².